The van der Waals surface area contributed by atoms with Crippen LogP contribution in [0.3, 0.4) is 0 Å². The molecule has 0 amide bonds. The highest BCUT2D eigenvalue weighted by molar-refractivity contribution is 6.01. The summed E-state index contributed by atoms with van der Waals surface area (Å²) in [5.74, 6) is -8.70. The Hall–Kier alpha value is -4.34. The number of fused-ring (bicyclic) bond motifs is 4. The van der Waals surface area contributed by atoms with Crippen molar-refractivity contribution in [3.05, 3.63) is 70.8 Å². The zero-order chi connectivity index (χ0) is 26.4. The number of carboxylic acid groups (broad SMARTS) is 1. The second-order valence-corrected chi connectivity index (χ2v) is 9.37. The van der Waals surface area contributed by atoms with Gasteiger partial charge < -0.3 is 19.3 Å². The van der Waals surface area contributed by atoms with E-state index in [9.17, 15) is 33.9 Å². The lowest BCUT2D eigenvalue weighted by Gasteiger charge is -2.29. The Morgan fingerprint density at radius 1 is 0.730 bits per heavy atom. The lowest BCUT2D eigenvalue weighted by atomic mass is 9.70. The van der Waals surface area contributed by atoms with E-state index in [2.05, 4.69) is 9.47 Å². The Morgan fingerprint density at radius 2 is 1.16 bits per heavy atom. The number of cyclic esters (lactones) is 4. The third-order valence-electron chi connectivity index (χ3n) is 7.52. The van der Waals surface area contributed by atoms with Crippen molar-refractivity contribution in [2.45, 2.75) is 24.7 Å². The maximum atomic E-state index is 12.0. The number of methoxy groups -OCH3 is 1. The van der Waals surface area contributed by atoms with Crippen molar-refractivity contribution in [3.8, 4) is 0 Å². The summed E-state index contributed by atoms with van der Waals surface area (Å²) in [5.41, 5.74) is 3.06. The molecule has 2 heterocycles. The van der Waals surface area contributed by atoms with E-state index in [1.54, 1.807) is 36.4 Å². The molecule has 190 valence electrons. The Balaban J connectivity index is 0.000000152. The van der Waals surface area contributed by atoms with Gasteiger partial charge in [-0.3, -0.25) is 28.8 Å². The van der Waals surface area contributed by atoms with Gasteiger partial charge in [0, 0.05) is 0 Å². The molecule has 2 aromatic carbocycles. The first kappa shape index (κ1) is 24.4. The molecule has 10 nitrogen and oxygen atoms in total. The largest absolute Gasteiger partial charge is 0.481 e. The predicted molar refractivity (Wildman–Crippen MR) is 122 cm³/mol. The van der Waals surface area contributed by atoms with Gasteiger partial charge in [-0.1, -0.05) is 48.5 Å². The molecule has 0 saturated carbocycles. The number of aliphatic carboxylic acids is 1. The van der Waals surface area contributed by atoms with Crippen LogP contribution in [0.2, 0.25) is 0 Å². The number of esters is 5. The highest BCUT2D eigenvalue weighted by Gasteiger charge is 2.55. The third-order valence-corrected chi connectivity index (χ3v) is 7.52. The second kappa shape index (κ2) is 9.27. The summed E-state index contributed by atoms with van der Waals surface area (Å²) in [6.45, 7) is 0. The molecular formula is C27H22O10. The van der Waals surface area contributed by atoms with E-state index in [1.807, 2.05) is 12.1 Å². The number of hydrogen-bond acceptors (Lipinski definition) is 9. The average Bonchev–Trinajstić information content (AvgIpc) is 3.34. The standard InChI is InChI=1S/C14H12O5.C13H10O5/c1-18-13(16)10-8-5-3-2-4-7(8)6-9-11(10)14(17)19-12(9)15;14-11(15)9-7-4-2-1-3-6(7)5-8-10(9)13(17)18-12(8)16/h2-5,9-11H,6H2,1H3;1-4,8-10H,5H2,(H,14,15). The molecule has 0 spiro atoms. The summed E-state index contributed by atoms with van der Waals surface area (Å²) >= 11 is 0. The quantitative estimate of drug-likeness (QED) is 0.361. The summed E-state index contributed by atoms with van der Waals surface area (Å²) in [6.07, 6.45) is 0.800. The SMILES string of the molecule is COC(=O)C1c2ccccc2CC2C(=O)OC(=O)C21.O=C1OC(=O)C2C1Cc1ccccc1C2C(=O)O. The molecule has 0 bridgehead atoms. The average molecular weight is 506 g/mol. The van der Waals surface area contributed by atoms with Gasteiger partial charge >= 0.3 is 35.8 Å². The van der Waals surface area contributed by atoms with Crippen LogP contribution < -0.4 is 0 Å². The van der Waals surface area contributed by atoms with Crippen LogP contribution in [0.15, 0.2) is 48.5 Å². The van der Waals surface area contributed by atoms with Gasteiger partial charge in [-0.2, -0.15) is 0 Å². The number of carbonyl (C=O) groups excluding carboxylic acids is 5. The Bertz CT molecular complexity index is 1340. The van der Waals surface area contributed by atoms with Crippen LogP contribution >= 0.6 is 0 Å². The summed E-state index contributed by atoms with van der Waals surface area (Å²) in [7, 11) is 1.27. The highest BCUT2D eigenvalue weighted by Crippen LogP contribution is 2.45. The minimum atomic E-state index is -1.09. The zero-order valence-corrected chi connectivity index (χ0v) is 19.6. The van der Waals surface area contributed by atoms with Crippen LogP contribution in [0, 0.1) is 23.7 Å². The van der Waals surface area contributed by atoms with Crippen LogP contribution in [0.4, 0.5) is 0 Å². The van der Waals surface area contributed by atoms with E-state index >= 15 is 0 Å². The van der Waals surface area contributed by atoms with E-state index < -0.39 is 71.3 Å². The molecular weight excluding hydrogens is 484 g/mol. The van der Waals surface area contributed by atoms with Crippen molar-refractivity contribution in [1.29, 1.82) is 0 Å². The van der Waals surface area contributed by atoms with Gasteiger partial charge in [0.15, 0.2) is 0 Å². The molecule has 6 atom stereocenters. The summed E-state index contributed by atoms with van der Waals surface area (Å²) in [5, 5.41) is 9.32. The first-order chi connectivity index (χ1) is 17.7. The van der Waals surface area contributed by atoms with Gasteiger partial charge in [-0.05, 0) is 35.1 Å². The fourth-order valence-electron chi connectivity index (χ4n) is 5.86. The molecule has 10 heteroatoms. The molecule has 2 aliphatic heterocycles. The summed E-state index contributed by atoms with van der Waals surface area (Å²) in [6, 6.07) is 14.3. The van der Waals surface area contributed by atoms with Gasteiger partial charge in [0.05, 0.1) is 42.6 Å². The van der Waals surface area contributed by atoms with Crippen LogP contribution in [0.5, 0.6) is 0 Å². The number of benzene rings is 2. The van der Waals surface area contributed by atoms with E-state index in [-0.39, 0.29) is 0 Å². The Kier molecular flexibility index (Phi) is 6.10. The molecule has 1 N–H and O–H groups in total. The van der Waals surface area contributed by atoms with Crippen LogP contribution in [-0.2, 0) is 55.8 Å². The number of carbonyl (C=O) groups is 6. The monoisotopic (exact) mass is 506 g/mol. The lowest BCUT2D eigenvalue weighted by Crippen LogP contribution is -2.36. The Morgan fingerprint density at radius 3 is 1.62 bits per heavy atom. The normalized spacial score (nSPS) is 28.9. The van der Waals surface area contributed by atoms with Crippen molar-refractivity contribution < 1.29 is 48.1 Å². The van der Waals surface area contributed by atoms with Crippen LogP contribution in [0.25, 0.3) is 0 Å². The minimum Gasteiger partial charge on any atom is -0.481 e. The maximum Gasteiger partial charge on any atom is 0.318 e. The first-order valence-electron chi connectivity index (χ1n) is 11.7. The van der Waals surface area contributed by atoms with E-state index in [1.165, 1.54) is 7.11 Å². The fraction of sp³-hybridized carbons (Fsp3) is 0.333. The number of ether oxygens (including phenoxy) is 3. The summed E-state index contributed by atoms with van der Waals surface area (Å²) in [4.78, 5) is 70.1. The van der Waals surface area contributed by atoms with Crippen molar-refractivity contribution >= 4 is 35.8 Å². The molecule has 2 fully saturated rings. The third kappa shape index (κ3) is 3.98. The van der Waals surface area contributed by atoms with Crippen LogP contribution in [-0.4, -0.2) is 48.0 Å². The number of rotatable bonds is 2. The van der Waals surface area contributed by atoms with Crippen molar-refractivity contribution in [2.24, 2.45) is 23.7 Å². The Labute approximate surface area is 210 Å². The van der Waals surface area contributed by atoms with Gasteiger partial charge in [0.1, 0.15) is 0 Å². The molecule has 2 aliphatic carbocycles. The van der Waals surface area contributed by atoms with Crippen molar-refractivity contribution in [1.82, 2.24) is 0 Å². The van der Waals surface area contributed by atoms with Crippen LogP contribution in [0.1, 0.15) is 34.1 Å². The molecule has 4 aliphatic rings. The molecule has 6 rings (SSSR count). The summed E-state index contributed by atoms with van der Waals surface area (Å²) < 4.78 is 14.0. The lowest BCUT2D eigenvalue weighted by molar-refractivity contribution is -0.156. The molecule has 37 heavy (non-hydrogen) atoms. The molecule has 2 aromatic rings. The number of carboxylic acids is 1. The topological polar surface area (TPSA) is 150 Å². The highest BCUT2D eigenvalue weighted by atomic mass is 16.6. The predicted octanol–water partition coefficient (Wildman–Crippen LogP) is 1.54. The van der Waals surface area contributed by atoms with E-state index in [4.69, 9.17) is 4.74 Å². The zero-order valence-electron chi connectivity index (χ0n) is 19.6. The number of hydrogen-bond donors (Lipinski definition) is 1. The fourth-order valence-corrected chi connectivity index (χ4v) is 5.86. The molecule has 6 unspecified atom stereocenters. The molecule has 0 radical (unpaired) electrons. The van der Waals surface area contributed by atoms with Gasteiger partial charge in [0.25, 0.3) is 0 Å². The molecule has 2 saturated heterocycles. The van der Waals surface area contributed by atoms with Crippen molar-refractivity contribution in [2.75, 3.05) is 7.11 Å². The van der Waals surface area contributed by atoms with Gasteiger partial charge in [-0.25, -0.2) is 0 Å². The van der Waals surface area contributed by atoms with E-state index in [0.29, 0.717) is 18.4 Å². The minimum absolute atomic E-state index is 0.370. The van der Waals surface area contributed by atoms with Gasteiger partial charge in [0.2, 0.25) is 0 Å². The van der Waals surface area contributed by atoms with E-state index in [0.717, 1.165) is 16.7 Å². The first-order valence-corrected chi connectivity index (χ1v) is 11.7. The molecule has 0 aromatic heterocycles. The second-order valence-electron chi connectivity index (χ2n) is 9.37. The maximum absolute atomic E-state index is 12.0. The van der Waals surface area contributed by atoms with Crippen molar-refractivity contribution in [3.63, 3.8) is 0 Å². The van der Waals surface area contributed by atoms with Gasteiger partial charge in [-0.15, -0.1) is 0 Å². The smallest absolute Gasteiger partial charge is 0.318 e.